The number of carbonyl (C=O) groups excluding carboxylic acids is 2. The fourth-order valence-corrected chi connectivity index (χ4v) is 3.64. The number of alkyl halides is 6. The van der Waals surface area contributed by atoms with Gasteiger partial charge in [-0.25, -0.2) is 4.52 Å². The lowest BCUT2D eigenvalue weighted by molar-refractivity contribution is -0.153. The van der Waals surface area contributed by atoms with Crippen molar-refractivity contribution in [1.82, 2.24) is 25.2 Å². The minimum Gasteiger partial charge on any atom is -0.482 e. The molecule has 16 heteroatoms. The van der Waals surface area contributed by atoms with Crippen molar-refractivity contribution in [2.24, 2.45) is 0 Å². The van der Waals surface area contributed by atoms with E-state index in [2.05, 4.69) is 20.7 Å². The summed E-state index contributed by atoms with van der Waals surface area (Å²) >= 11 is 0. The quantitative estimate of drug-likeness (QED) is 0.203. The van der Waals surface area contributed by atoms with E-state index in [1.54, 1.807) is 35.8 Å². The number of pyridine rings is 1. The highest BCUT2D eigenvalue weighted by molar-refractivity contribution is 5.95. The molecule has 2 aromatic carbocycles. The van der Waals surface area contributed by atoms with Gasteiger partial charge in [0.1, 0.15) is 12.3 Å². The molecule has 0 unspecified atom stereocenters. The van der Waals surface area contributed by atoms with Gasteiger partial charge in [0.25, 0.3) is 11.8 Å². The topological polar surface area (TPSA) is 130 Å². The minimum absolute atomic E-state index is 0.00169. The lowest BCUT2D eigenvalue weighted by Gasteiger charge is -2.14. The van der Waals surface area contributed by atoms with E-state index in [-0.39, 0.29) is 41.7 Å². The van der Waals surface area contributed by atoms with Crippen LogP contribution in [0.4, 0.5) is 38.0 Å². The molecule has 2 heterocycles. The maximum atomic E-state index is 12.8. The van der Waals surface area contributed by atoms with Crippen molar-refractivity contribution >= 4 is 29.1 Å². The maximum Gasteiger partial charge on any atom is 0.422 e. The van der Waals surface area contributed by atoms with Gasteiger partial charge in [-0.1, -0.05) is 12.1 Å². The van der Waals surface area contributed by atoms with Gasteiger partial charge in [-0.3, -0.25) is 9.59 Å². The minimum atomic E-state index is -4.64. The SMILES string of the molecule is O=C(NCCO)c1ccc(Nc2nc3ccc(-c4ccc(C(=O)NCC(F)(F)F)cc4)cn3n2)c(OCC(F)(F)F)c1. The van der Waals surface area contributed by atoms with Crippen molar-refractivity contribution < 1.29 is 45.8 Å². The average molecular weight is 596 g/mol. The fourth-order valence-electron chi connectivity index (χ4n) is 3.64. The van der Waals surface area contributed by atoms with Crippen molar-refractivity contribution in [3.63, 3.8) is 0 Å². The summed E-state index contributed by atoms with van der Waals surface area (Å²) in [5.74, 6) is -1.79. The lowest BCUT2D eigenvalue weighted by Crippen LogP contribution is -2.33. The third-order valence-corrected chi connectivity index (χ3v) is 5.54. The summed E-state index contributed by atoms with van der Waals surface area (Å²) in [6.45, 7) is -3.44. The summed E-state index contributed by atoms with van der Waals surface area (Å²) in [5, 5.41) is 20.1. The third-order valence-electron chi connectivity index (χ3n) is 5.54. The van der Waals surface area contributed by atoms with Crippen molar-refractivity contribution in [2.75, 3.05) is 31.6 Å². The van der Waals surface area contributed by atoms with E-state index in [9.17, 15) is 35.9 Å². The van der Waals surface area contributed by atoms with Gasteiger partial charge in [0.2, 0.25) is 5.95 Å². The number of fused-ring (bicyclic) bond motifs is 1. The monoisotopic (exact) mass is 596 g/mol. The lowest BCUT2D eigenvalue weighted by atomic mass is 10.1. The number of aromatic nitrogens is 3. The Labute approximate surface area is 233 Å². The normalized spacial score (nSPS) is 11.8. The second-order valence-electron chi connectivity index (χ2n) is 8.75. The zero-order valence-corrected chi connectivity index (χ0v) is 21.4. The molecule has 0 atom stereocenters. The van der Waals surface area contributed by atoms with Gasteiger partial charge in [0.15, 0.2) is 12.3 Å². The van der Waals surface area contributed by atoms with Crippen LogP contribution in [-0.4, -0.2) is 70.2 Å². The van der Waals surface area contributed by atoms with Crippen LogP contribution < -0.4 is 20.7 Å². The van der Waals surface area contributed by atoms with E-state index in [0.29, 0.717) is 16.8 Å². The van der Waals surface area contributed by atoms with Crippen molar-refractivity contribution in [3.05, 3.63) is 71.9 Å². The molecule has 0 spiro atoms. The molecular formula is C26H22F6N6O4. The van der Waals surface area contributed by atoms with E-state index in [1.165, 1.54) is 28.8 Å². The van der Waals surface area contributed by atoms with Crippen LogP contribution in [0.15, 0.2) is 60.8 Å². The predicted octanol–water partition coefficient (Wildman–Crippen LogP) is 4.10. The van der Waals surface area contributed by atoms with Gasteiger partial charge < -0.3 is 25.8 Å². The number of anilines is 2. The van der Waals surface area contributed by atoms with Gasteiger partial charge in [-0.2, -0.15) is 31.3 Å². The fraction of sp³-hybridized carbons (Fsp3) is 0.231. The highest BCUT2D eigenvalue weighted by atomic mass is 19.4. The predicted molar refractivity (Wildman–Crippen MR) is 138 cm³/mol. The van der Waals surface area contributed by atoms with Crippen molar-refractivity contribution in [2.45, 2.75) is 12.4 Å². The highest BCUT2D eigenvalue weighted by Gasteiger charge is 2.29. The molecule has 0 saturated heterocycles. The molecule has 10 nitrogen and oxygen atoms in total. The Balaban J connectivity index is 1.53. The summed E-state index contributed by atoms with van der Waals surface area (Å²) in [4.78, 5) is 28.4. The number of rotatable bonds is 10. The molecule has 4 N–H and O–H groups in total. The average Bonchev–Trinajstić information content (AvgIpc) is 3.35. The number of carbonyl (C=O) groups is 2. The molecule has 4 aromatic rings. The molecule has 0 bridgehead atoms. The Hall–Kier alpha value is -4.86. The van der Waals surface area contributed by atoms with Gasteiger partial charge in [0.05, 0.1) is 12.3 Å². The molecule has 0 fully saturated rings. The number of aliphatic hydroxyl groups excluding tert-OH is 1. The van der Waals surface area contributed by atoms with Gasteiger partial charge >= 0.3 is 12.4 Å². The summed E-state index contributed by atoms with van der Waals surface area (Å²) in [6, 6.07) is 12.9. The number of nitrogens with zero attached hydrogens (tertiary/aromatic N) is 3. The van der Waals surface area contributed by atoms with E-state index in [1.807, 2.05) is 0 Å². The zero-order valence-electron chi connectivity index (χ0n) is 21.4. The van der Waals surface area contributed by atoms with Crippen LogP contribution >= 0.6 is 0 Å². The van der Waals surface area contributed by atoms with Crippen LogP contribution in [0.3, 0.4) is 0 Å². The molecule has 0 aliphatic carbocycles. The number of hydrogen-bond acceptors (Lipinski definition) is 7. The molecule has 0 saturated carbocycles. The van der Waals surface area contributed by atoms with E-state index in [4.69, 9.17) is 9.84 Å². The molecule has 0 aliphatic heterocycles. The molecule has 0 radical (unpaired) electrons. The first kappa shape index (κ1) is 30.1. The highest BCUT2D eigenvalue weighted by Crippen LogP contribution is 2.30. The maximum absolute atomic E-state index is 12.8. The molecular weight excluding hydrogens is 574 g/mol. The summed E-state index contributed by atoms with van der Waals surface area (Å²) in [7, 11) is 0. The molecule has 222 valence electrons. The van der Waals surface area contributed by atoms with Crippen LogP contribution in [0.2, 0.25) is 0 Å². The number of amides is 2. The molecule has 0 aliphatic rings. The molecule has 42 heavy (non-hydrogen) atoms. The summed E-state index contributed by atoms with van der Waals surface area (Å²) < 4.78 is 81.9. The van der Waals surface area contributed by atoms with Crippen molar-refractivity contribution in [3.8, 4) is 16.9 Å². The molecule has 2 aromatic heterocycles. The third kappa shape index (κ3) is 8.09. The number of ether oxygens (including phenoxy) is 1. The Morgan fingerprint density at radius 1 is 0.857 bits per heavy atom. The Bertz CT molecular complexity index is 1570. The number of hydrogen-bond donors (Lipinski definition) is 4. The number of halogens is 6. The van der Waals surface area contributed by atoms with Crippen molar-refractivity contribution in [1.29, 1.82) is 0 Å². The second-order valence-corrected chi connectivity index (χ2v) is 8.75. The Morgan fingerprint density at radius 2 is 1.52 bits per heavy atom. The number of benzene rings is 2. The summed E-state index contributed by atoms with van der Waals surface area (Å²) in [6.07, 6.45) is -7.59. The van der Waals surface area contributed by atoms with Crippen LogP contribution in [-0.2, 0) is 0 Å². The standard InChI is InChI=1S/C26H22F6N6O4/c27-25(28,29)13-34-22(40)16-3-1-15(2-4-16)18-6-8-21-36-24(37-38(21)12-18)35-19-7-5-17(23(41)33-9-10-39)11-20(19)42-14-26(30,31)32/h1-8,11-12,39H,9-10,13-14H2,(H,33,41)(H,34,40)(H,35,37). The second kappa shape index (κ2) is 12.3. The molecule has 2 amide bonds. The van der Waals surface area contributed by atoms with E-state index in [0.717, 1.165) is 6.07 Å². The number of nitrogens with one attached hydrogen (secondary N) is 3. The first-order valence-electron chi connectivity index (χ1n) is 12.1. The number of aliphatic hydroxyl groups is 1. The first-order valence-corrected chi connectivity index (χ1v) is 12.1. The van der Waals surface area contributed by atoms with Crippen LogP contribution in [0.5, 0.6) is 5.75 Å². The van der Waals surface area contributed by atoms with E-state index >= 15 is 0 Å². The van der Waals surface area contributed by atoms with Gasteiger partial charge in [-0.05, 0) is 48.0 Å². The molecule has 4 rings (SSSR count). The zero-order chi connectivity index (χ0) is 30.5. The summed E-state index contributed by atoms with van der Waals surface area (Å²) in [5.41, 5.74) is 1.69. The van der Waals surface area contributed by atoms with Gasteiger partial charge in [0, 0.05) is 29.4 Å². The smallest absolute Gasteiger partial charge is 0.422 e. The van der Waals surface area contributed by atoms with E-state index < -0.39 is 37.3 Å². The Morgan fingerprint density at radius 3 is 2.19 bits per heavy atom. The Kier molecular flexibility index (Phi) is 8.84. The van der Waals surface area contributed by atoms with Gasteiger partial charge in [-0.15, -0.1) is 5.10 Å². The largest absolute Gasteiger partial charge is 0.482 e. The van der Waals surface area contributed by atoms with Crippen LogP contribution in [0, 0.1) is 0 Å². The van der Waals surface area contributed by atoms with Crippen LogP contribution in [0.1, 0.15) is 20.7 Å². The first-order chi connectivity index (χ1) is 19.8. The van der Waals surface area contributed by atoms with Crippen LogP contribution in [0.25, 0.3) is 16.8 Å².